The minimum atomic E-state index is -1.18. The molecule has 2 N–H and O–H groups in total. The number of amides is 4. The summed E-state index contributed by atoms with van der Waals surface area (Å²) in [5.74, 6) is -4.73. The minimum Gasteiger partial charge on any atom is -0.508 e. The van der Waals surface area contributed by atoms with E-state index in [1.165, 1.54) is 15.9 Å². The van der Waals surface area contributed by atoms with Crippen molar-refractivity contribution in [2.45, 2.75) is 39.0 Å². The number of allylic oxidation sites excluding steroid dienone is 3. The molecule has 6 atom stereocenters. The summed E-state index contributed by atoms with van der Waals surface area (Å²) in [6.45, 7) is 1.86. The number of rotatable bonds is 6. The van der Waals surface area contributed by atoms with Crippen molar-refractivity contribution in [3.8, 4) is 11.5 Å². The van der Waals surface area contributed by atoms with Crippen LogP contribution in [0.2, 0.25) is 0 Å². The van der Waals surface area contributed by atoms with Gasteiger partial charge in [0, 0.05) is 30.9 Å². The Balaban J connectivity index is 1.31. The fourth-order valence-corrected chi connectivity index (χ4v) is 8.34. The van der Waals surface area contributed by atoms with Crippen molar-refractivity contribution < 1.29 is 38.9 Å². The fourth-order valence-electron chi connectivity index (χ4n) is 8.34. The smallest absolute Gasteiger partial charge is 0.303 e. The zero-order chi connectivity index (χ0) is 30.9. The number of carbonyl (C=O) groups is 5. The Kier molecular flexibility index (Phi) is 6.49. The Morgan fingerprint density at radius 3 is 2.55 bits per heavy atom. The van der Waals surface area contributed by atoms with Crippen molar-refractivity contribution in [1.82, 2.24) is 4.90 Å². The lowest BCUT2D eigenvalue weighted by Crippen LogP contribution is -2.51. The molecule has 44 heavy (non-hydrogen) atoms. The van der Waals surface area contributed by atoms with Crippen LogP contribution in [0.25, 0.3) is 0 Å². The van der Waals surface area contributed by atoms with Crippen LogP contribution in [-0.2, 0) is 30.4 Å². The molecule has 3 aliphatic heterocycles. The summed E-state index contributed by atoms with van der Waals surface area (Å²) < 4.78 is 6.01. The van der Waals surface area contributed by atoms with Crippen molar-refractivity contribution in [3.63, 3.8) is 0 Å². The number of fused-ring (bicyclic) bond motifs is 5. The molecule has 3 fully saturated rings. The number of ether oxygens (including phenoxy) is 1. The van der Waals surface area contributed by atoms with Gasteiger partial charge in [0.2, 0.25) is 23.6 Å². The van der Waals surface area contributed by atoms with Gasteiger partial charge in [-0.25, -0.2) is 4.90 Å². The first-order valence-electron chi connectivity index (χ1n) is 15.0. The molecule has 6 unspecified atom stereocenters. The largest absolute Gasteiger partial charge is 0.508 e. The Morgan fingerprint density at radius 1 is 1.02 bits per heavy atom. The number of hydrogen-bond donors (Lipinski definition) is 2. The van der Waals surface area contributed by atoms with Crippen molar-refractivity contribution in [2.24, 2.45) is 35.0 Å². The monoisotopic (exact) mass is 596 g/mol. The van der Waals surface area contributed by atoms with Crippen LogP contribution in [0.1, 0.15) is 38.2 Å². The molecular formula is C34H32N2O8. The topological polar surface area (TPSA) is 142 Å². The Labute approximate surface area is 253 Å². The Hall–Kier alpha value is -4.73. The molecule has 10 heteroatoms. The number of phenolic OH excluding ortho intramolecular Hbond substituents is 1. The zero-order valence-electron chi connectivity index (χ0n) is 24.1. The van der Waals surface area contributed by atoms with Crippen molar-refractivity contribution in [2.75, 3.05) is 11.4 Å². The molecule has 2 aromatic carbocycles. The first-order valence-corrected chi connectivity index (χ1v) is 15.0. The van der Waals surface area contributed by atoms with Crippen LogP contribution in [0.4, 0.5) is 5.69 Å². The summed E-state index contributed by atoms with van der Waals surface area (Å²) in [5, 5.41) is 19.3. The number of aromatic hydroxyl groups is 1. The molecule has 10 nitrogen and oxygen atoms in total. The van der Waals surface area contributed by atoms with Gasteiger partial charge in [-0.2, -0.15) is 0 Å². The van der Waals surface area contributed by atoms with Crippen LogP contribution < -0.4 is 9.64 Å². The highest BCUT2D eigenvalue weighted by molar-refractivity contribution is 6.24. The molecule has 2 aromatic rings. The lowest BCUT2D eigenvalue weighted by atomic mass is 9.51. The second kappa shape index (κ2) is 10.2. The van der Waals surface area contributed by atoms with E-state index >= 15 is 0 Å². The fraction of sp³-hybridized carbons (Fsp3) is 0.382. The SMILES string of the molecule is CC12C(=O)N(c3ccccc3)C(=O)C1CC1C(=CCC3C(=O)N(CCCC(=O)O)C(=O)C31)C2C1=COc2ccc(O)cc2C1. The average Bonchev–Trinajstić information content (AvgIpc) is 3.36. The molecule has 5 aliphatic rings. The second-order valence-corrected chi connectivity index (χ2v) is 12.6. The molecule has 0 aromatic heterocycles. The quantitative estimate of drug-likeness (QED) is 0.379. The summed E-state index contributed by atoms with van der Waals surface area (Å²) in [5.41, 5.74) is 1.66. The van der Waals surface area contributed by atoms with Gasteiger partial charge in [-0.15, -0.1) is 0 Å². The number of nitrogens with zero attached hydrogens (tertiary/aromatic N) is 2. The number of carboxylic acid groups (broad SMARTS) is 1. The van der Waals surface area contributed by atoms with Gasteiger partial charge < -0.3 is 14.9 Å². The van der Waals surface area contributed by atoms with Crippen LogP contribution in [0, 0.1) is 35.0 Å². The van der Waals surface area contributed by atoms with Gasteiger partial charge in [0.25, 0.3) is 0 Å². The molecule has 0 spiro atoms. The van der Waals surface area contributed by atoms with E-state index in [0.717, 1.165) is 16.7 Å². The summed E-state index contributed by atoms with van der Waals surface area (Å²) >= 11 is 0. The third kappa shape index (κ3) is 4.03. The van der Waals surface area contributed by atoms with E-state index in [0.29, 0.717) is 24.3 Å². The van der Waals surface area contributed by atoms with E-state index in [4.69, 9.17) is 9.84 Å². The van der Waals surface area contributed by atoms with E-state index in [1.807, 2.05) is 19.1 Å². The molecule has 2 saturated heterocycles. The van der Waals surface area contributed by atoms with Gasteiger partial charge in [0.15, 0.2) is 0 Å². The van der Waals surface area contributed by atoms with Crippen LogP contribution in [-0.4, -0.2) is 51.3 Å². The third-order valence-electron chi connectivity index (χ3n) is 10.3. The third-order valence-corrected chi connectivity index (χ3v) is 10.3. The highest BCUT2D eigenvalue weighted by atomic mass is 16.5. The number of carboxylic acids is 1. The molecular weight excluding hydrogens is 564 g/mol. The number of anilines is 1. The van der Waals surface area contributed by atoms with Crippen LogP contribution in [0.3, 0.4) is 0 Å². The Bertz CT molecular complexity index is 1680. The van der Waals surface area contributed by atoms with Gasteiger partial charge in [-0.3, -0.25) is 28.9 Å². The number of hydrogen-bond acceptors (Lipinski definition) is 7. The maximum absolute atomic E-state index is 14.5. The van der Waals surface area contributed by atoms with Crippen LogP contribution in [0.5, 0.6) is 11.5 Å². The Morgan fingerprint density at radius 2 is 1.80 bits per heavy atom. The van der Waals surface area contributed by atoms with Gasteiger partial charge >= 0.3 is 5.97 Å². The standard InChI is InChI=1S/C34H32N2O8/c1-34-25(31(41)36(33(34)43)20-6-3-2-4-7-20)16-24-22(29(34)19-14-18-15-21(37)9-12-26(18)44-17-19)10-11-23-28(24)32(42)35(30(23)40)13-5-8-27(38)39/h2-4,6-7,9-10,12,15,17,23-25,28-29,37H,5,8,11,13-14,16H2,1H3,(H,38,39). The average molecular weight is 597 g/mol. The molecule has 1 saturated carbocycles. The number of carbonyl (C=O) groups excluding carboxylic acids is 4. The summed E-state index contributed by atoms with van der Waals surface area (Å²) in [7, 11) is 0. The molecule has 226 valence electrons. The number of imide groups is 2. The van der Waals surface area contributed by atoms with Crippen LogP contribution >= 0.6 is 0 Å². The first kappa shape index (κ1) is 28.1. The van der Waals surface area contributed by atoms with Gasteiger partial charge in [-0.1, -0.05) is 29.8 Å². The molecule has 2 aliphatic carbocycles. The molecule has 0 bridgehead atoms. The normalized spacial score (nSPS) is 30.6. The first-order chi connectivity index (χ1) is 21.1. The molecule has 4 amide bonds. The summed E-state index contributed by atoms with van der Waals surface area (Å²) in [6, 6.07) is 13.7. The zero-order valence-corrected chi connectivity index (χ0v) is 24.1. The van der Waals surface area contributed by atoms with Gasteiger partial charge in [0.05, 0.1) is 35.1 Å². The lowest BCUT2D eigenvalue weighted by molar-refractivity contribution is -0.142. The highest BCUT2D eigenvalue weighted by Gasteiger charge is 2.68. The predicted octanol–water partition coefficient (Wildman–Crippen LogP) is 3.84. The summed E-state index contributed by atoms with van der Waals surface area (Å²) in [6.07, 6.45) is 4.53. The minimum absolute atomic E-state index is 0.0298. The van der Waals surface area contributed by atoms with Crippen molar-refractivity contribution in [3.05, 3.63) is 77.6 Å². The van der Waals surface area contributed by atoms with Crippen LogP contribution in [0.15, 0.2) is 72.0 Å². The van der Waals surface area contributed by atoms with Crippen molar-refractivity contribution >= 4 is 35.3 Å². The van der Waals surface area contributed by atoms with E-state index < -0.39 is 41.0 Å². The lowest BCUT2D eigenvalue weighted by Gasteiger charge is -2.49. The van der Waals surface area contributed by atoms with E-state index in [9.17, 15) is 29.1 Å². The number of phenols is 1. The second-order valence-electron chi connectivity index (χ2n) is 12.6. The van der Waals surface area contributed by atoms with E-state index in [1.54, 1.807) is 42.7 Å². The van der Waals surface area contributed by atoms with E-state index in [-0.39, 0.29) is 55.2 Å². The number of para-hydroxylation sites is 1. The predicted molar refractivity (Wildman–Crippen MR) is 156 cm³/mol. The molecule has 7 rings (SSSR count). The summed E-state index contributed by atoms with van der Waals surface area (Å²) in [4.78, 5) is 69.5. The number of aliphatic carboxylic acids is 1. The van der Waals surface area contributed by atoms with Gasteiger partial charge in [-0.05, 0) is 68.0 Å². The highest BCUT2D eigenvalue weighted by Crippen LogP contribution is 2.62. The van der Waals surface area contributed by atoms with Crippen molar-refractivity contribution in [1.29, 1.82) is 0 Å². The van der Waals surface area contributed by atoms with Gasteiger partial charge in [0.1, 0.15) is 11.5 Å². The number of benzene rings is 2. The van der Waals surface area contributed by atoms with E-state index in [2.05, 4.69) is 0 Å². The maximum Gasteiger partial charge on any atom is 0.303 e. The maximum atomic E-state index is 14.5. The number of likely N-dealkylation sites (tertiary alicyclic amines) is 1. The molecule has 3 heterocycles. The molecule has 0 radical (unpaired) electrons.